The van der Waals surface area contributed by atoms with E-state index in [1.807, 2.05) is 48.5 Å². The molecule has 0 radical (unpaired) electrons. The van der Waals surface area contributed by atoms with Gasteiger partial charge in [0, 0.05) is 23.4 Å². The Bertz CT molecular complexity index is 1420. The summed E-state index contributed by atoms with van der Waals surface area (Å²) in [6.07, 6.45) is 0.855. The molecule has 6 rings (SSSR count). The van der Waals surface area contributed by atoms with Gasteiger partial charge in [-0.05, 0) is 55.5 Å². The quantitative estimate of drug-likeness (QED) is 0.0892. The first-order valence-corrected chi connectivity index (χ1v) is 13.4. The SMILES string of the molecule is Cc1ccccc1.Nc1ccc2c(c1)C(=O)CCO2.O=C1CCOc2ccc(NOOSc3ccccc3)cc21. The summed E-state index contributed by atoms with van der Waals surface area (Å²) in [5, 5.41) is 0. The summed E-state index contributed by atoms with van der Waals surface area (Å²) < 4.78 is 15.7. The van der Waals surface area contributed by atoms with Crippen LogP contribution in [0.25, 0.3) is 0 Å². The molecule has 2 aliphatic heterocycles. The number of nitrogens with one attached hydrogen (secondary N) is 1. The van der Waals surface area contributed by atoms with Crippen molar-refractivity contribution in [3.63, 3.8) is 0 Å². The Balaban J connectivity index is 0.000000162. The third-order valence-corrected chi connectivity index (χ3v) is 6.37. The Kier molecular flexibility index (Phi) is 10.6. The zero-order chi connectivity index (χ0) is 28.2. The van der Waals surface area contributed by atoms with Gasteiger partial charge in [-0.15, -0.1) is 9.32 Å². The van der Waals surface area contributed by atoms with Crippen LogP contribution in [0.1, 0.15) is 39.1 Å². The molecule has 0 aliphatic carbocycles. The summed E-state index contributed by atoms with van der Waals surface area (Å²) in [6.45, 7) is 3.00. The maximum absolute atomic E-state index is 11.8. The number of anilines is 2. The highest BCUT2D eigenvalue weighted by Gasteiger charge is 2.19. The highest BCUT2D eigenvalue weighted by Crippen LogP contribution is 2.28. The summed E-state index contributed by atoms with van der Waals surface area (Å²) in [5.74, 6) is 1.44. The lowest BCUT2D eigenvalue weighted by molar-refractivity contribution is -0.161. The highest BCUT2D eigenvalue weighted by molar-refractivity contribution is 7.94. The summed E-state index contributed by atoms with van der Waals surface area (Å²) in [4.78, 5) is 28.9. The van der Waals surface area contributed by atoms with Gasteiger partial charge in [-0.25, -0.2) is 5.48 Å². The summed E-state index contributed by atoms with van der Waals surface area (Å²) >= 11 is 1.09. The van der Waals surface area contributed by atoms with Crippen LogP contribution in [-0.2, 0) is 9.32 Å². The predicted molar refractivity (Wildman–Crippen MR) is 155 cm³/mol. The number of ether oxygens (including phenoxy) is 2. The highest BCUT2D eigenvalue weighted by atomic mass is 32.2. The number of hydrogen-bond acceptors (Lipinski definition) is 9. The Morgan fingerprint density at radius 3 is 1.93 bits per heavy atom. The zero-order valence-electron chi connectivity index (χ0n) is 22.0. The van der Waals surface area contributed by atoms with Gasteiger partial charge >= 0.3 is 0 Å². The molecule has 4 aromatic rings. The van der Waals surface area contributed by atoms with E-state index in [0.29, 0.717) is 60.1 Å². The minimum absolute atomic E-state index is 0.0690. The van der Waals surface area contributed by atoms with Gasteiger partial charge < -0.3 is 15.2 Å². The number of ketones is 2. The van der Waals surface area contributed by atoms with Crippen molar-refractivity contribution in [1.82, 2.24) is 0 Å². The first kappa shape index (κ1) is 28.7. The normalized spacial score (nSPS) is 13.1. The van der Waals surface area contributed by atoms with Gasteiger partial charge in [-0.2, -0.15) is 0 Å². The number of carbonyl (C=O) groups excluding carboxylic acids is 2. The van der Waals surface area contributed by atoms with Gasteiger partial charge in [-0.1, -0.05) is 54.1 Å². The van der Waals surface area contributed by atoms with Crippen LogP contribution in [0.15, 0.2) is 102 Å². The number of rotatable bonds is 5. The Morgan fingerprint density at radius 2 is 1.32 bits per heavy atom. The van der Waals surface area contributed by atoms with E-state index < -0.39 is 0 Å². The van der Waals surface area contributed by atoms with Crippen LogP contribution in [0.4, 0.5) is 11.4 Å². The van der Waals surface area contributed by atoms with Crippen LogP contribution in [0.2, 0.25) is 0 Å². The second-order valence-corrected chi connectivity index (χ2v) is 9.59. The van der Waals surface area contributed by atoms with E-state index in [2.05, 4.69) is 24.5 Å². The van der Waals surface area contributed by atoms with Crippen LogP contribution >= 0.6 is 12.0 Å². The van der Waals surface area contributed by atoms with E-state index in [9.17, 15) is 9.59 Å². The fraction of sp³-hybridized carbons (Fsp3) is 0.161. The molecule has 9 heteroatoms. The second kappa shape index (κ2) is 14.7. The molecule has 3 N–H and O–H groups in total. The maximum atomic E-state index is 11.8. The molecule has 0 amide bonds. The third kappa shape index (κ3) is 8.60. The smallest absolute Gasteiger partial charge is 0.170 e. The van der Waals surface area contributed by atoms with E-state index in [0.717, 1.165) is 16.9 Å². The molecular formula is C31H30N2O6S. The van der Waals surface area contributed by atoms with Crippen LogP contribution in [0.5, 0.6) is 11.5 Å². The van der Waals surface area contributed by atoms with Crippen molar-refractivity contribution in [2.75, 3.05) is 24.4 Å². The molecule has 0 fully saturated rings. The molecule has 8 nitrogen and oxygen atoms in total. The first-order valence-electron chi connectivity index (χ1n) is 12.7. The van der Waals surface area contributed by atoms with Crippen LogP contribution in [0.3, 0.4) is 0 Å². The number of nitrogen functional groups attached to an aromatic ring is 1. The first-order chi connectivity index (χ1) is 19.5. The molecule has 0 aromatic heterocycles. The van der Waals surface area contributed by atoms with Crippen molar-refractivity contribution >= 4 is 35.0 Å². The Morgan fingerprint density at radius 1 is 0.750 bits per heavy atom. The van der Waals surface area contributed by atoms with Crippen LogP contribution in [-0.4, -0.2) is 24.8 Å². The summed E-state index contributed by atoms with van der Waals surface area (Å²) in [7, 11) is 0. The van der Waals surface area contributed by atoms with E-state index in [1.165, 1.54) is 5.56 Å². The minimum atomic E-state index is 0.0690. The van der Waals surface area contributed by atoms with Gasteiger partial charge in [0.2, 0.25) is 0 Å². The van der Waals surface area contributed by atoms with Crippen molar-refractivity contribution in [3.05, 3.63) is 114 Å². The van der Waals surface area contributed by atoms with E-state index in [1.54, 1.807) is 36.4 Å². The third-order valence-electron chi connectivity index (χ3n) is 5.76. The molecule has 0 saturated heterocycles. The number of Topliss-reactive ketones (excluding diaryl/α,β-unsaturated/α-hetero) is 2. The standard InChI is InChI=1S/C15H13NO4S.C9H9NO2.C7H8/c17-14-8-9-18-15-7-6-11(10-13(14)15)16-19-20-21-12-4-2-1-3-5-12;10-6-1-2-9-7(5-6)8(11)3-4-12-9;1-7-5-3-2-4-6-7/h1-7,10,16H,8-9H2;1-2,5H,3-4,10H2;2-6H,1H3. The van der Waals surface area contributed by atoms with Gasteiger partial charge in [0.05, 0.1) is 42.1 Å². The van der Waals surface area contributed by atoms with Gasteiger partial charge in [0.1, 0.15) is 11.5 Å². The average molecular weight is 559 g/mol. The molecular weight excluding hydrogens is 528 g/mol. The van der Waals surface area contributed by atoms with Gasteiger partial charge in [-0.3, -0.25) is 9.59 Å². The van der Waals surface area contributed by atoms with Crippen LogP contribution in [0, 0.1) is 6.92 Å². The average Bonchev–Trinajstić information content (AvgIpc) is 2.98. The molecule has 40 heavy (non-hydrogen) atoms. The van der Waals surface area contributed by atoms with Crippen molar-refractivity contribution in [2.24, 2.45) is 0 Å². The topological polar surface area (TPSA) is 109 Å². The predicted octanol–water partition coefficient (Wildman–Crippen LogP) is 6.86. The summed E-state index contributed by atoms with van der Waals surface area (Å²) in [5.41, 5.74) is 11.9. The fourth-order valence-electron chi connectivity index (χ4n) is 3.74. The molecule has 2 heterocycles. The fourth-order valence-corrected chi connectivity index (χ4v) is 4.15. The Hall–Kier alpha value is -4.31. The van der Waals surface area contributed by atoms with Gasteiger partial charge in [0.25, 0.3) is 0 Å². The molecule has 0 atom stereocenters. The van der Waals surface area contributed by atoms with Crippen LogP contribution < -0.4 is 20.7 Å². The lowest BCUT2D eigenvalue weighted by Crippen LogP contribution is -2.15. The molecule has 206 valence electrons. The molecule has 0 bridgehead atoms. The molecule has 0 saturated carbocycles. The molecule has 0 unspecified atom stereocenters. The van der Waals surface area contributed by atoms with Crippen molar-refractivity contribution in [3.8, 4) is 11.5 Å². The van der Waals surface area contributed by atoms with Crippen molar-refractivity contribution < 1.29 is 28.4 Å². The zero-order valence-corrected chi connectivity index (χ0v) is 22.8. The van der Waals surface area contributed by atoms with E-state index in [4.69, 9.17) is 24.5 Å². The van der Waals surface area contributed by atoms with Crippen molar-refractivity contribution in [1.29, 1.82) is 0 Å². The lowest BCUT2D eigenvalue weighted by Gasteiger charge is -2.16. The molecule has 4 aromatic carbocycles. The van der Waals surface area contributed by atoms with E-state index >= 15 is 0 Å². The lowest BCUT2D eigenvalue weighted by atomic mass is 10.0. The number of carbonyl (C=O) groups is 2. The minimum Gasteiger partial charge on any atom is -0.492 e. The number of hydrogen-bond donors (Lipinski definition) is 2. The van der Waals surface area contributed by atoms with E-state index in [-0.39, 0.29) is 11.6 Å². The number of fused-ring (bicyclic) bond motifs is 2. The molecule has 0 spiro atoms. The largest absolute Gasteiger partial charge is 0.492 e. The number of aryl methyl sites for hydroxylation is 1. The number of benzene rings is 4. The Labute approximate surface area is 237 Å². The monoisotopic (exact) mass is 558 g/mol. The second-order valence-electron chi connectivity index (χ2n) is 8.81. The van der Waals surface area contributed by atoms with Gasteiger partial charge in [0.15, 0.2) is 11.6 Å². The summed E-state index contributed by atoms with van der Waals surface area (Å²) in [6, 6.07) is 30.1. The maximum Gasteiger partial charge on any atom is 0.170 e. The number of nitrogens with two attached hydrogens (primary N) is 1. The van der Waals surface area contributed by atoms with Crippen molar-refractivity contribution in [2.45, 2.75) is 24.7 Å². The molecule has 2 aliphatic rings.